The molecule has 0 aromatic heterocycles. The van der Waals surface area contributed by atoms with Gasteiger partial charge in [0.2, 0.25) is 0 Å². The van der Waals surface area contributed by atoms with E-state index in [1.165, 1.54) is 0 Å². The number of benzene rings is 3. The van der Waals surface area contributed by atoms with Crippen LogP contribution in [0.2, 0.25) is 0 Å². The molecule has 4 heteroatoms. The van der Waals surface area contributed by atoms with E-state index in [4.69, 9.17) is 0 Å². The molecule has 0 aliphatic heterocycles. The molecular weight excluding hydrogens is 472 g/mol. The maximum Gasteiger partial charge on any atom is 0.121 e. The highest BCUT2D eigenvalue weighted by atomic mass is 16.3. The highest BCUT2D eigenvalue weighted by Gasteiger charge is 2.31. The highest BCUT2D eigenvalue weighted by molar-refractivity contribution is 5.49. The second kappa shape index (κ2) is 10.3. The number of aliphatic hydroxyl groups is 1. The van der Waals surface area contributed by atoms with Crippen LogP contribution in [0.5, 0.6) is 17.2 Å². The summed E-state index contributed by atoms with van der Waals surface area (Å²) in [5, 5.41) is 42.4. The molecule has 1 aliphatic carbocycles. The molecule has 0 radical (unpaired) electrons. The largest absolute Gasteiger partial charge is 0.507 e. The molecule has 4 rings (SSSR count). The van der Waals surface area contributed by atoms with Crippen LogP contribution >= 0.6 is 0 Å². The van der Waals surface area contributed by atoms with E-state index < -0.39 is 6.10 Å². The van der Waals surface area contributed by atoms with E-state index in [9.17, 15) is 20.4 Å². The van der Waals surface area contributed by atoms with Gasteiger partial charge in [-0.1, -0.05) is 55.5 Å². The second-order valence-electron chi connectivity index (χ2n) is 11.6. The molecule has 0 saturated carbocycles. The van der Waals surface area contributed by atoms with E-state index >= 15 is 0 Å². The summed E-state index contributed by atoms with van der Waals surface area (Å²) in [5.41, 5.74) is 9.81. The van der Waals surface area contributed by atoms with E-state index in [1.807, 2.05) is 77.9 Å². The Morgan fingerprint density at radius 2 is 0.842 bits per heavy atom. The molecule has 3 aromatic carbocycles. The van der Waals surface area contributed by atoms with Crippen LogP contribution in [0.3, 0.4) is 0 Å². The number of phenols is 3. The summed E-state index contributed by atoms with van der Waals surface area (Å²) in [6.45, 7) is 13.6. The highest BCUT2D eigenvalue weighted by Crippen LogP contribution is 2.39. The molecule has 1 aliphatic rings. The number of aromatic hydroxyl groups is 3. The van der Waals surface area contributed by atoms with Gasteiger partial charge in [0, 0.05) is 5.41 Å². The molecular formula is C34H40O4. The lowest BCUT2D eigenvalue weighted by Crippen LogP contribution is -2.28. The van der Waals surface area contributed by atoms with Crippen LogP contribution in [0.15, 0.2) is 59.7 Å². The molecule has 4 nitrogen and oxygen atoms in total. The zero-order chi connectivity index (χ0) is 27.9. The van der Waals surface area contributed by atoms with Crippen LogP contribution in [-0.2, 0) is 19.3 Å². The number of phenolic OH excluding ortho intramolecular Hbond substituents is 3. The Labute approximate surface area is 226 Å². The van der Waals surface area contributed by atoms with Gasteiger partial charge in [-0.3, -0.25) is 0 Å². The van der Waals surface area contributed by atoms with Crippen molar-refractivity contribution in [3.05, 3.63) is 110 Å². The molecule has 0 unspecified atom stereocenters. The standard InChI is InChI=1S/C34H40O4/c1-19-8-25(9-20(2)30(19)35)14-28-17-34(7,16-27-12-23(5)32(37)24(6)13-27)18-29(33(28)38)15-26-10-21(3)31(36)22(4)11-26/h8-13,17-18,33,35-38H,14-16H2,1-7H3. The van der Waals surface area contributed by atoms with Crippen LogP contribution in [0.4, 0.5) is 0 Å². The van der Waals surface area contributed by atoms with E-state index in [0.717, 1.165) is 67.6 Å². The first-order chi connectivity index (χ1) is 17.8. The first-order valence-electron chi connectivity index (χ1n) is 13.2. The van der Waals surface area contributed by atoms with Crippen molar-refractivity contribution in [2.45, 2.75) is 73.8 Å². The number of aliphatic hydroxyl groups excluding tert-OH is 1. The van der Waals surface area contributed by atoms with Gasteiger partial charge in [0.05, 0.1) is 6.10 Å². The van der Waals surface area contributed by atoms with Gasteiger partial charge in [-0.05, 0) is 122 Å². The van der Waals surface area contributed by atoms with Crippen LogP contribution < -0.4 is 0 Å². The predicted octanol–water partition coefficient (Wildman–Crippen LogP) is 6.92. The quantitative estimate of drug-likeness (QED) is 0.270. The van der Waals surface area contributed by atoms with Crippen LogP contribution in [0.25, 0.3) is 0 Å². The molecule has 200 valence electrons. The maximum absolute atomic E-state index is 11.6. The van der Waals surface area contributed by atoms with E-state index in [0.29, 0.717) is 30.1 Å². The Kier molecular flexibility index (Phi) is 7.49. The van der Waals surface area contributed by atoms with Gasteiger partial charge in [0.15, 0.2) is 0 Å². The fraction of sp³-hybridized carbons (Fsp3) is 0.353. The van der Waals surface area contributed by atoms with E-state index in [2.05, 4.69) is 19.1 Å². The zero-order valence-corrected chi connectivity index (χ0v) is 23.6. The average molecular weight is 513 g/mol. The zero-order valence-electron chi connectivity index (χ0n) is 23.6. The number of rotatable bonds is 6. The topological polar surface area (TPSA) is 80.9 Å². The average Bonchev–Trinajstić information content (AvgIpc) is 2.82. The maximum atomic E-state index is 11.6. The fourth-order valence-electron chi connectivity index (χ4n) is 6.04. The Morgan fingerprint density at radius 1 is 0.553 bits per heavy atom. The van der Waals surface area contributed by atoms with Crippen molar-refractivity contribution in [3.8, 4) is 17.2 Å². The predicted molar refractivity (Wildman–Crippen MR) is 154 cm³/mol. The molecule has 0 fully saturated rings. The van der Waals surface area contributed by atoms with Crippen molar-refractivity contribution in [2.24, 2.45) is 5.41 Å². The minimum Gasteiger partial charge on any atom is -0.507 e. The van der Waals surface area contributed by atoms with Gasteiger partial charge in [0.25, 0.3) is 0 Å². The Hall–Kier alpha value is -3.50. The van der Waals surface area contributed by atoms with Gasteiger partial charge < -0.3 is 20.4 Å². The third kappa shape index (κ3) is 5.66. The minimum atomic E-state index is -0.727. The van der Waals surface area contributed by atoms with Crippen LogP contribution in [-0.4, -0.2) is 26.5 Å². The molecule has 38 heavy (non-hydrogen) atoms. The molecule has 0 spiro atoms. The molecule has 0 amide bonds. The minimum absolute atomic E-state index is 0.313. The van der Waals surface area contributed by atoms with Crippen molar-refractivity contribution < 1.29 is 20.4 Å². The van der Waals surface area contributed by atoms with E-state index in [1.54, 1.807) is 0 Å². The summed E-state index contributed by atoms with van der Waals surface area (Å²) in [5.74, 6) is 0.962. The van der Waals surface area contributed by atoms with Gasteiger partial charge >= 0.3 is 0 Å². The monoisotopic (exact) mass is 512 g/mol. The SMILES string of the molecule is Cc1cc(CC2=CC(C)(Cc3cc(C)c(O)c(C)c3)C=C(Cc3cc(C)c(O)c(C)c3)C2O)cc(C)c1O. The normalized spacial score (nSPS) is 19.3. The molecule has 0 saturated heterocycles. The molecule has 0 bridgehead atoms. The van der Waals surface area contributed by atoms with Crippen molar-refractivity contribution in [1.29, 1.82) is 0 Å². The Morgan fingerprint density at radius 3 is 1.16 bits per heavy atom. The van der Waals surface area contributed by atoms with Gasteiger partial charge in [-0.15, -0.1) is 0 Å². The summed E-state index contributed by atoms with van der Waals surface area (Å²) in [7, 11) is 0. The smallest absolute Gasteiger partial charge is 0.121 e. The van der Waals surface area contributed by atoms with E-state index in [-0.39, 0.29) is 5.41 Å². The number of allylic oxidation sites excluding steroid dienone is 2. The first-order valence-corrected chi connectivity index (χ1v) is 13.2. The van der Waals surface area contributed by atoms with Gasteiger partial charge in [-0.2, -0.15) is 0 Å². The number of hydrogen-bond acceptors (Lipinski definition) is 4. The summed E-state index contributed by atoms with van der Waals surface area (Å²) < 4.78 is 0. The van der Waals surface area contributed by atoms with Gasteiger partial charge in [0.1, 0.15) is 17.2 Å². The first kappa shape index (κ1) is 27.5. The lowest BCUT2D eigenvalue weighted by Gasteiger charge is -2.34. The lowest BCUT2D eigenvalue weighted by atomic mass is 9.72. The molecule has 0 heterocycles. The van der Waals surface area contributed by atoms with Crippen molar-refractivity contribution in [2.75, 3.05) is 0 Å². The number of aryl methyl sites for hydroxylation is 6. The third-order valence-electron chi connectivity index (χ3n) is 7.79. The Bertz CT molecular complexity index is 1310. The summed E-state index contributed by atoms with van der Waals surface area (Å²) in [6.07, 6.45) is 5.56. The number of hydrogen-bond donors (Lipinski definition) is 4. The molecule has 4 N–H and O–H groups in total. The van der Waals surface area contributed by atoms with Crippen LogP contribution in [0, 0.1) is 47.0 Å². The second-order valence-corrected chi connectivity index (χ2v) is 11.6. The summed E-state index contributed by atoms with van der Waals surface area (Å²) >= 11 is 0. The third-order valence-corrected chi connectivity index (χ3v) is 7.79. The van der Waals surface area contributed by atoms with Crippen molar-refractivity contribution >= 4 is 0 Å². The summed E-state index contributed by atoms with van der Waals surface area (Å²) in [6, 6.07) is 12.0. The fourth-order valence-corrected chi connectivity index (χ4v) is 6.04. The van der Waals surface area contributed by atoms with Gasteiger partial charge in [-0.25, -0.2) is 0 Å². The lowest BCUT2D eigenvalue weighted by molar-refractivity contribution is 0.231. The Balaban J connectivity index is 1.76. The van der Waals surface area contributed by atoms with Crippen molar-refractivity contribution in [1.82, 2.24) is 0 Å². The van der Waals surface area contributed by atoms with Crippen LogP contribution in [0.1, 0.15) is 57.0 Å². The molecule has 3 aromatic rings. The van der Waals surface area contributed by atoms with Crippen molar-refractivity contribution in [3.63, 3.8) is 0 Å². The molecule has 0 atom stereocenters. The summed E-state index contributed by atoms with van der Waals surface area (Å²) in [4.78, 5) is 0.